The summed E-state index contributed by atoms with van der Waals surface area (Å²) in [7, 11) is 0. The number of aromatic hydroxyl groups is 1. The quantitative estimate of drug-likeness (QED) is 0.0982. The molecule has 14 heteroatoms. The van der Waals surface area contributed by atoms with Crippen LogP contribution in [0.25, 0.3) is 0 Å². The van der Waals surface area contributed by atoms with Gasteiger partial charge in [-0.1, -0.05) is 12.1 Å². The predicted octanol–water partition coefficient (Wildman–Crippen LogP) is -1.44. The zero-order chi connectivity index (χ0) is 28.7. The van der Waals surface area contributed by atoms with E-state index in [4.69, 9.17) is 17.2 Å². The van der Waals surface area contributed by atoms with Gasteiger partial charge in [-0.2, -0.15) is 11.8 Å². The normalized spacial score (nSPS) is 14.0. The summed E-state index contributed by atoms with van der Waals surface area (Å²) >= 11 is 1.52. The van der Waals surface area contributed by atoms with Crippen LogP contribution in [0.2, 0.25) is 0 Å². The Morgan fingerprint density at radius 2 is 1.47 bits per heavy atom. The summed E-state index contributed by atoms with van der Waals surface area (Å²) in [6, 6.07) is 0.959. The van der Waals surface area contributed by atoms with Gasteiger partial charge in [-0.15, -0.1) is 0 Å². The van der Waals surface area contributed by atoms with E-state index in [0.717, 1.165) is 0 Å². The van der Waals surface area contributed by atoms with E-state index in [9.17, 15) is 34.2 Å². The van der Waals surface area contributed by atoms with Gasteiger partial charge < -0.3 is 43.4 Å². The number of hydrogen-bond donors (Lipinski definition) is 8. The molecular weight excluding hydrogens is 516 g/mol. The summed E-state index contributed by atoms with van der Waals surface area (Å²) in [4.78, 5) is 62.0. The van der Waals surface area contributed by atoms with Gasteiger partial charge in [-0.25, -0.2) is 4.79 Å². The first kappa shape index (κ1) is 32.7. The molecule has 1 aromatic rings. The topological polar surface area (TPSA) is 240 Å². The van der Waals surface area contributed by atoms with Gasteiger partial charge in [0.05, 0.1) is 12.5 Å². The second-order valence-electron chi connectivity index (χ2n) is 8.74. The van der Waals surface area contributed by atoms with Crippen LogP contribution in [-0.2, 0) is 30.4 Å². The molecule has 1 rings (SSSR count). The number of rotatable bonds is 18. The van der Waals surface area contributed by atoms with Crippen LogP contribution in [0.15, 0.2) is 24.3 Å². The third-order valence-corrected chi connectivity index (χ3v) is 6.22. The number of nitrogens with one attached hydrogen (secondary N) is 3. The molecule has 0 aromatic heterocycles. The molecule has 11 N–H and O–H groups in total. The molecule has 0 saturated heterocycles. The number of nitrogens with two attached hydrogens (primary N) is 3. The number of unbranched alkanes of at least 4 members (excludes halogenated alkanes) is 1. The van der Waals surface area contributed by atoms with Crippen molar-refractivity contribution in [2.75, 3.05) is 18.6 Å². The fourth-order valence-electron chi connectivity index (χ4n) is 3.44. The van der Waals surface area contributed by atoms with Crippen molar-refractivity contribution in [3.8, 4) is 5.75 Å². The third-order valence-electron chi connectivity index (χ3n) is 5.58. The second kappa shape index (κ2) is 17.2. The summed E-state index contributed by atoms with van der Waals surface area (Å²) in [5.41, 5.74) is 17.2. The number of carbonyl (C=O) groups is 5. The molecular formula is C24H38N6O7S. The Labute approximate surface area is 225 Å². The van der Waals surface area contributed by atoms with E-state index >= 15 is 0 Å². The van der Waals surface area contributed by atoms with Gasteiger partial charge in [-0.05, 0) is 61.9 Å². The summed E-state index contributed by atoms with van der Waals surface area (Å²) in [5, 5.41) is 26.3. The average Bonchev–Trinajstić information content (AvgIpc) is 2.86. The number of carbonyl (C=O) groups excluding carboxylic acids is 4. The Balaban J connectivity index is 3.00. The first-order valence-corrected chi connectivity index (χ1v) is 13.5. The highest BCUT2D eigenvalue weighted by Crippen LogP contribution is 2.12. The Kier molecular flexibility index (Phi) is 14.8. The molecule has 0 aliphatic heterocycles. The summed E-state index contributed by atoms with van der Waals surface area (Å²) in [6.07, 6.45) is 2.83. The smallest absolute Gasteiger partial charge is 0.326 e. The van der Waals surface area contributed by atoms with Crippen LogP contribution in [0, 0.1) is 0 Å². The maximum absolute atomic E-state index is 13.1. The molecule has 212 valence electrons. The fourth-order valence-corrected chi connectivity index (χ4v) is 3.93. The Morgan fingerprint density at radius 1 is 0.895 bits per heavy atom. The maximum Gasteiger partial charge on any atom is 0.326 e. The van der Waals surface area contributed by atoms with Gasteiger partial charge in [-0.3, -0.25) is 19.2 Å². The van der Waals surface area contributed by atoms with Crippen molar-refractivity contribution >= 4 is 41.4 Å². The minimum absolute atomic E-state index is 0.00721. The number of hydrogen-bond acceptors (Lipinski definition) is 9. The molecule has 4 unspecified atom stereocenters. The largest absolute Gasteiger partial charge is 0.508 e. The van der Waals surface area contributed by atoms with E-state index in [0.29, 0.717) is 37.1 Å². The lowest BCUT2D eigenvalue weighted by Gasteiger charge is -2.25. The number of phenols is 1. The maximum atomic E-state index is 13.1. The lowest BCUT2D eigenvalue weighted by atomic mass is 10.0. The van der Waals surface area contributed by atoms with E-state index in [1.165, 1.54) is 36.0 Å². The number of carboxylic acid groups (broad SMARTS) is 1. The van der Waals surface area contributed by atoms with Crippen molar-refractivity contribution in [3.63, 3.8) is 0 Å². The van der Waals surface area contributed by atoms with Gasteiger partial charge in [0.15, 0.2) is 0 Å². The van der Waals surface area contributed by atoms with Crippen molar-refractivity contribution in [2.45, 2.75) is 62.7 Å². The molecule has 13 nitrogen and oxygen atoms in total. The number of amides is 4. The highest BCUT2D eigenvalue weighted by atomic mass is 32.2. The van der Waals surface area contributed by atoms with E-state index in [1.807, 2.05) is 6.26 Å². The molecule has 0 aliphatic carbocycles. The Hall–Kier alpha value is -3.36. The minimum Gasteiger partial charge on any atom is -0.508 e. The number of primary amides is 1. The molecule has 4 atom stereocenters. The van der Waals surface area contributed by atoms with E-state index in [2.05, 4.69) is 16.0 Å². The van der Waals surface area contributed by atoms with E-state index in [1.54, 1.807) is 0 Å². The van der Waals surface area contributed by atoms with Crippen molar-refractivity contribution < 1.29 is 34.2 Å². The molecule has 1 aromatic carbocycles. The number of benzene rings is 1. The molecule has 38 heavy (non-hydrogen) atoms. The van der Waals surface area contributed by atoms with Crippen molar-refractivity contribution in [3.05, 3.63) is 29.8 Å². The molecule has 0 spiro atoms. The highest BCUT2D eigenvalue weighted by Gasteiger charge is 2.31. The third kappa shape index (κ3) is 12.3. The number of carboxylic acids is 1. The number of aliphatic carboxylic acids is 1. The Morgan fingerprint density at radius 3 is 2.03 bits per heavy atom. The standard InChI is InChI=1S/C24H38N6O7S/c1-38-11-9-16(26)21(33)28-17(4-2-3-10-25)22(34)29-18(13-20(27)32)23(35)30-19(24(36)37)12-14-5-7-15(31)8-6-14/h5-8,16-19,31H,2-4,9-13,25-26H2,1H3,(H2,27,32)(H,28,33)(H,29,34)(H,30,35)(H,36,37). The number of thioether (sulfide) groups is 1. The first-order chi connectivity index (χ1) is 18.0. The molecule has 4 amide bonds. The van der Waals surface area contributed by atoms with Crippen LogP contribution in [-0.4, -0.2) is 82.5 Å². The molecule has 0 radical (unpaired) electrons. The predicted molar refractivity (Wildman–Crippen MR) is 143 cm³/mol. The van der Waals surface area contributed by atoms with Crippen LogP contribution in [0.3, 0.4) is 0 Å². The zero-order valence-corrected chi connectivity index (χ0v) is 22.2. The van der Waals surface area contributed by atoms with Crippen LogP contribution in [0.4, 0.5) is 0 Å². The van der Waals surface area contributed by atoms with Crippen molar-refractivity contribution in [2.24, 2.45) is 17.2 Å². The van der Waals surface area contributed by atoms with Crippen molar-refractivity contribution in [1.82, 2.24) is 16.0 Å². The molecule has 0 heterocycles. The van der Waals surface area contributed by atoms with Gasteiger partial charge in [0, 0.05) is 6.42 Å². The van der Waals surface area contributed by atoms with Gasteiger partial charge in [0.1, 0.15) is 23.9 Å². The van der Waals surface area contributed by atoms with Crippen molar-refractivity contribution in [1.29, 1.82) is 0 Å². The molecule has 0 aliphatic rings. The lowest BCUT2D eigenvalue weighted by molar-refractivity contribution is -0.142. The second-order valence-corrected chi connectivity index (χ2v) is 9.72. The van der Waals surface area contributed by atoms with Crippen LogP contribution >= 0.6 is 11.8 Å². The summed E-state index contributed by atoms with van der Waals surface area (Å²) in [5.74, 6) is -3.84. The van der Waals surface area contributed by atoms with E-state index in [-0.39, 0.29) is 18.6 Å². The zero-order valence-electron chi connectivity index (χ0n) is 21.4. The lowest BCUT2D eigenvalue weighted by Crippen LogP contribution is -2.58. The monoisotopic (exact) mass is 554 g/mol. The first-order valence-electron chi connectivity index (χ1n) is 12.1. The van der Waals surface area contributed by atoms with Gasteiger partial charge >= 0.3 is 5.97 Å². The van der Waals surface area contributed by atoms with Crippen LogP contribution in [0.5, 0.6) is 5.75 Å². The Bertz CT molecular complexity index is 947. The van der Waals surface area contributed by atoms with Crippen LogP contribution in [0.1, 0.15) is 37.7 Å². The van der Waals surface area contributed by atoms with Gasteiger partial charge in [0.25, 0.3) is 0 Å². The summed E-state index contributed by atoms with van der Waals surface area (Å²) < 4.78 is 0. The van der Waals surface area contributed by atoms with Crippen LogP contribution < -0.4 is 33.2 Å². The fraction of sp³-hybridized carbons (Fsp3) is 0.542. The summed E-state index contributed by atoms with van der Waals surface area (Å²) in [6.45, 7) is 0.375. The highest BCUT2D eigenvalue weighted by molar-refractivity contribution is 7.98. The molecule has 0 fully saturated rings. The SMILES string of the molecule is CSCCC(N)C(=O)NC(CCCCN)C(=O)NC(CC(N)=O)C(=O)NC(Cc1ccc(O)cc1)C(=O)O. The average molecular weight is 555 g/mol. The minimum atomic E-state index is -1.49. The molecule has 0 bridgehead atoms. The van der Waals surface area contributed by atoms with Gasteiger partial charge in [0.2, 0.25) is 23.6 Å². The molecule has 0 saturated carbocycles. The van der Waals surface area contributed by atoms with E-state index < -0.39 is 60.2 Å². The number of phenolic OH excluding ortho intramolecular Hbond substituents is 1.